The molecule has 1 aliphatic carbocycles. The first-order valence-corrected chi connectivity index (χ1v) is 9.29. The van der Waals surface area contributed by atoms with E-state index in [-0.39, 0.29) is 23.7 Å². The Morgan fingerprint density at radius 1 is 1.28 bits per heavy atom. The van der Waals surface area contributed by atoms with Crippen LogP contribution in [-0.4, -0.2) is 32.3 Å². The molecule has 0 bridgehead atoms. The van der Waals surface area contributed by atoms with Crippen LogP contribution in [0, 0.1) is 24.1 Å². The normalized spacial score (nSPS) is 18.4. The van der Waals surface area contributed by atoms with Crippen LogP contribution in [0.25, 0.3) is 11.3 Å². The predicted octanol–water partition coefficient (Wildman–Crippen LogP) is 3.19. The maximum absolute atomic E-state index is 15.0. The van der Waals surface area contributed by atoms with Gasteiger partial charge in [0.25, 0.3) is 0 Å². The summed E-state index contributed by atoms with van der Waals surface area (Å²) in [4.78, 5) is 8.04. The van der Waals surface area contributed by atoms with Gasteiger partial charge in [0, 0.05) is 12.1 Å². The van der Waals surface area contributed by atoms with Crippen LogP contribution >= 0.6 is 0 Å². The minimum absolute atomic E-state index is 0.0275. The average molecular weight is 393 g/mol. The average Bonchev–Trinajstić information content (AvgIpc) is 3.34. The van der Waals surface area contributed by atoms with Crippen LogP contribution in [0.4, 0.5) is 16.0 Å². The number of benzene rings is 1. The van der Waals surface area contributed by atoms with Gasteiger partial charge in [0.15, 0.2) is 11.5 Å². The van der Waals surface area contributed by atoms with E-state index in [9.17, 15) is 4.39 Å². The summed E-state index contributed by atoms with van der Waals surface area (Å²) in [5.41, 5.74) is 7.51. The number of aromatic amines is 1. The highest BCUT2D eigenvalue weighted by molar-refractivity contribution is 5.72. The van der Waals surface area contributed by atoms with Crippen LogP contribution in [0.2, 0.25) is 0 Å². The number of nitrogens with one attached hydrogen (secondary N) is 2. The minimum atomic E-state index is -0.363. The molecule has 0 unspecified atom stereocenters. The Morgan fingerprint density at radius 3 is 2.83 bits per heavy atom. The smallest absolute Gasteiger partial charge is 0.158 e. The molecule has 0 saturated heterocycles. The number of hydrogen-bond acceptors (Lipinski definition) is 7. The molecule has 0 aliphatic heterocycles. The summed E-state index contributed by atoms with van der Waals surface area (Å²) in [6.07, 6.45) is 5.26. The Morgan fingerprint density at radius 2 is 2.14 bits per heavy atom. The number of nitrogens with two attached hydrogens (primary N) is 1. The van der Waals surface area contributed by atoms with Crippen LogP contribution in [0.5, 0.6) is 5.75 Å². The van der Waals surface area contributed by atoms with Crippen molar-refractivity contribution in [2.45, 2.75) is 38.3 Å². The molecule has 4 N–H and O–H groups in total. The Labute approximate surface area is 166 Å². The van der Waals surface area contributed by atoms with Gasteiger partial charge in [-0.05, 0) is 37.8 Å². The largest absolute Gasteiger partial charge is 0.490 e. The van der Waals surface area contributed by atoms with Crippen LogP contribution in [0.1, 0.15) is 30.5 Å². The van der Waals surface area contributed by atoms with Gasteiger partial charge in [-0.3, -0.25) is 5.10 Å². The second kappa shape index (κ2) is 7.85. The molecule has 4 rings (SSSR count). The summed E-state index contributed by atoms with van der Waals surface area (Å²) in [6.45, 7) is 1.70. The number of rotatable bonds is 5. The quantitative estimate of drug-likeness (QED) is 0.608. The Hall–Kier alpha value is -3.51. The molecule has 9 heteroatoms. The number of hydrogen-bond donors (Lipinski definition) is 3. The van der Waals surface area contributed by atoms with E-state index in [0.717, 1.165) is 19.3 Å². The summed E-state index contributed by atoms with van der Waals surface area (Å²) in [5.74, 6) is 0.954. The second-order valence-corrected chi connectivity index (χ2v) is 7.07. The van der Waals surface area contributed by atoms with Gasteiger partial charge in [-0.15, -0.1) is 0 Å². The molecule has 8 nitrogen and oxygen atoms in total. The van der Waals surface area contributed by atoms with Crippen molar-refractivity contribution in [3.05, 3.63) is 47.7 Å². The third-order valence-electron chi connectivity index (χ3n) is 4.89. The zero-order valence-corrected chi connectivity index (χ0v) is 15.8. The van der Waals surface area contributed by atoms with Crippen molar-refractivity contribution in [2.75, 3.05) is 5.32 Å². The number of aromatic nitrogens is 4. The van der Waals surface area contributed by atoms with E-state index in [2.05, 4.69) is 25.5 Å². The Balaban J connectivity index is 1.60. The lowest BCUT2D eigenvalue weighted by Gasteiger charge is -2.17. The number of H-pyrrole nitrogens is 1. The van der Waals surface area contributed by atoms with Crippen molar-refractivity contribution in [1.29, 1.82) is 5.26 Å². The van der Waals surface area contributed by atoms with E-state index >= 15 is 0 Å². The fourth-order valence-corrected chi connectivity index (χ4v) is 3.37. The molecule has 148 valence electrons. The topological polar surface area (TPSA) is 126 Å². The lowest BCUT2D eigenvalue weighted by molar-refractivity contribution is 0.208. The number of halogens is 1. The molecule has 1 aliphatic rings. The van der Waals surface area contributed by atoms with Gasteiger partial charge in [-0.2, -0.15) is 10.4 Å². The van der Waals surface area contributed by atoms with Crippen LogP contribution in [-0.2, 0) is 0 Å². The monoisotopic (exact) mass is 393 g/mol. The number of nitrogens with zero attached hydrogens (tertiary/aromatic N) is 4. The number of anilines is 2. The molecule has 29 heavy (non-hydrogen) atoms. The second-order valence-electron chi connectivity index (χ2n) is 7.07. The SMILES string of the molecule is Cc1ccc(O[C@@H]2CC[C@H](N)C2)c(-c2cc(Nc3cnc(C#N)cn3)n[nH]2)c1F. The van der Waals surface area contributed by atoms with Gasteiger partial charge in [0.05, 0.1) is 23.7 Å². The lowest BCUT2D eigenvalue weighted by atomic mass is 10.1. The van der Waals surface area contributed by atoms with Gasteiger partial charge in [-0.25, -0.2) is 14.4 Å². The predicted molar refractivity (Wildman–Crippen MR) is 105 cm³/mol. The van der Waals surface area contributed by atoms with Crippen molar-refractivity contribution < 1.29 is 9.13 Å². The zero-order valence-electron chi connectivity index (χ0n) is 15.8. The molecule has 0 radical (unpaired) electrons. The van der Waals surface area contributed by atoms with Crippen LogP contribution < -0.4 is 15.8 Å². The molecule has 1 aromatic carbocycles. The molecule has 1 saturated carbocycles. The van der Waals surface area contributed by atoms with Crippen LogP contribution in [0.15, 0.2) is 30.6 Å². The number of nitriles is 1. The van der Waals surface area contributed by atoms with E-state index in [4.69, 9.17) is 15.7 Å². The van der Waals surface area contributed by atoms with Gasteiger partial charge >= 0.3 is 0 Å². The molecule has 2 heterocycles. The van der Waals surface area contributed by atoms with Crippen LogP contribution in [0.3, 0.4) is 0 Å². The maximum atomic E-state index is 15.0. The van der Waals surface area contributed by atoms with E-state index < -0.39 is 0 Å². The molecule has 2 atom stereocenters. The summed E-state index contributed by atoms with van der Waals surface area (Å²) in [7, 11) is 0. The van der Waals surface area contributed by atoms with Gasteiger partial charge < -0.3 is 15.8 Å². The first-order valence-electron chi connectivity index (χ1n) is 9.29. The fourth-order valence-electron chi connectivity index (χ4n) is 3.37. The first kappa shape index (κ1) is 18.8. The van der Waals surface area contributed by atoms with Crippen molar-refractivity contribution in [3.63, 3.8) is 0 Å². The van der Waals surface area contributed by atoms with Gasteiger partial charge in [0.1, 0.15) is 29.6 Å². The van der Waals surface area contributed by atoms with Gasteiger partial charge in [0.2, 0.25) is 0 Å². The standard InChI is InChI=1S/C20H20FN7O/c1-11-2-5-16(29-14-4-3-12(23)6-14)19(20(11)21)15-7-17(28-27-15)26-18-10-24-13(8-22)9-25-18/h2,5,7,9-10,12,14H,3-4,6,23H2,1H3,(H2,25,26,27,28)/t12-,14+/m0/s1. The number of aryl methyl sites for hydroxylation is 1. The highest BCUT2D eigenvalue weighted by atomic mass is 19.1. The molecule has 2 aromatic heterocycles. The van der Waals surface area contributed by atoms with Gasteiger partial charge in [-0.1, -0.05) is 6.07 Å². The van der Waals surface area contributed by atoms with Crippen molar-refractivity contribution >= 4 is 11.6 Å². The van der Waals surface area contributed by atoms with Crippen molar-refractivity contribution in [3.8, 4) is 23.1 Å². The number of ether oxygens (including phenoxy) is 1. The highest BCUT2D eigenvalue weighted by Gasteiger charge is 2.26. The van der Waals surface area contributed by atoms with E-state index in [1.165, 1.54) is 12.4 Å². The van der Waals surface area contributed by atoms with Crippen molar-refractivity contribution in [1.82, 2.24) is 20.2 Å². The molecular weight excluding hydrogens is 373 g/mol. The summed E-state index contributed by atoms with van der Waals surface area (Å²) in [5, 5.41) is 18.8. The molecular formula is C20H20FN7O. The zero-order chi connectivity index (χ0) is 20.4. The van der Waals surface area contributed by atoms with E-state index in [1.54, 1.807) is 25.1 Å². The van der Waals surface area contributed by atoms with E-state index in [1.807, 2.05) is 6.07 Å². The minimum Gasteiger partial charge on any atom is -0.490 e. The highest BCUT2D eigenvalue weighted by Crippen LogP contribution is 2.36. The third kappa shape index (κ3) is 4.02. The molecule has 0 spiro atoms. The fraction of sp³-hybridized carbons (Fsp3) is 0.300. The summed E-state index contributed by atoms with van der Waals surface area (Å²) >= 11 is 0. The lowest BCUT2D eigenvalue weighted by Crippen LogP contribution is -2.19. The van der Waals surface area contributed by atoms with Crippen molar-refractivity contribution in [2.24, 2.45) is 5.73 Å². The maximum Gasteiger partial charge on any atom is 0.158 e. The van der Waals surface area contributed by atoms with E-state index in [0.29, 0.717) is 34.2 Å². The molecule has 0 amide bonds. The Kier molecular flexibility index (Phi) is 5.10. The summed E-state index contributed by atoms with van der Waals surface area (Å²) < 4.78 is 21.1. The first-order chi connectivity index (χ1) is 14.0. The molecule has 1 fully saturated rings. The Bertz CT molecular complexity index is 1060. The third-order valence-corrected chi connectivity index (χ3v) is 4.89. The molecule has 3 aromatic rings. The summed E-state index contributed by atoms with van der Waals surface area (Å²) in [6, 6.07) is 7.17.